The molecule has 5 nitrogen and oxygen atoms in total. The van der Waals surface area contributed by atoms with Crippen molar-refractivity contribution in [1.82, 2.24) is 10.3 Å². The van der Waals surface area contributed by atoms with E-state index in [9.17, 15) is 4.79 Å². The predicted octanol–water partition coefficient (Wildman–Crippen LogP) is 0.598. The molecule has 0 aliphatic carbocycles. The van der Waals surface area contributed by atoms with Crippen LogP contribution in [0.2, 0.25) is 5.02 Å². The molecule has 1 atom stereocenters. The van der Waals surface area contributed by atoms with Crippen LogP contribution in [0.1, 0.15) is 0 Å². The van der Waals surface area contributed by atoms with Gasteiger partial charge in [0.15, 0.2) is 0 Å². The summed E-state index contributed by atoms with van der Waals surface area (Å²) in [5.41, 5.74) is 0.727. The SMILES string of the molecule is O=C(O)C1CNCCN1c1ccncc1Cl. The average molecular weight is 242 g/mol. The van der Waals surface area contributed by atoms with Crippen molar-refractivity contribution in [3.8, 4) is 0 Å². The molecule has 1 aliphatic rings. The number of piperazine rings is 1. The minimum Gasteiger partial charge on any atom is -0.480 e. The Morgan fingerprint density at radius 1 is 1.69 bits per heavy atom. The average Bonchev–Trinajstić information content (AvgIpc) is 2.29. The highest BCUT2D eigenvalue weighted by atomic mass is 35.5. The van der Waals surface area contributed by atoms with Gasteiger partial charge in [0.25, 0.3) is 0 Å². The number of halogens is 1. The summed E-state index contributed by atoms with van der Waals surface area (Å²) >= 11 is 6.01. The van der Waals surface area contributed by atoms with E-state index in [1.807, 2.05) is 0 Å². The Bertz CT molecular complexity index is 399. The number of nitrogens with one attached hydrogen (secondary N) is 1. The fourth-order valence-corrected chi connectivity index (χ4v) is 2.04. The number of anilines is 1. The second-order valence-electron chi connectivity index (χ2n) is 3.58. The first kappa shape index (κ1) is 11.2. The highest BCUT2D eigenvalue weighted by molar-refractivity contribution is 6.33. The number of aliphatic carboxylic acids is 1. The molecule has 2 heterocycles. The summed E-state index contributed by atoms with van der Waals surface area (Å²) in [6, 6.07) is 1.16. The van der Waals surface area contributed by atoms with Crippen LogP contribution in [0.15, 0.2) is 18.5 Å². The molecule has 2 N–H and O–H groups in total. The van der Waals surface area contributed by atoms with Crippen molar-refractivity contribution in [2.75, 3.05) is 24.5 Å². The molecule has 86 valence electrons. The molecule has 0 spiro atoms. The minimum absolute atomic E-state index is 0.425. The molecule has 0 bridgehead atoms. The first-order valence-corrected chi connectivity index (χ1v) is 5.37. The minimum atomic E-state index is -0.847. The van der Waals surface area contributed by atoms with Crippen LogP contribution in [0.3, 0.4) is 0 Å². The van der Waals surface area contributed by atoms with Crippen LogP contribution in [0.25, 0.3) is 0 Å². The van der Waals surface area contributed by atoms with Crippen molar-refractivity contribution >= 4 is 23.3 Å². The van der Waals surface area contributed by atoms with E-state index < -0.39 is 12.0 Å². The molecule has 0 radical (unpaired) electrons. The van der Waals surface area contributed by atoms with Crippen molar-refractivity contribution in [3.63, 3.8) is 0 Å². The summed E-state index contributed by atoms with van der Waals surface area (Å²) in [5.74, 6) is -0.847. The second-order valence-corrected chi connectivity index (χ2v) is 3.99. The largest absolute Gasteiger partial charge is 0.480 e. The maximum absolute atomic E-state index is 11.1. The number of carboxylic acid groups (broad SMARTS) is 1. The molecular weight excluding hydrogens is 230 g/mol. The lowest BCUT2D eigenvalue weighted by molar-refractivity contribution is -0.138. The van der Waals surface area contributed by atoms with Crippen molar-refractivity contribution in [1.29, 1.82) is 0 Å². The molecule has 1 unspecified atom stereocenters. The van der Waals surface area contributed by atoms with E-state index in [4.69, 9.17) is 16.7 Å². The zero-order valence-corrected chi connectivity index (χ0v) is 9.31. The van der Waals surface area contributed by atoms with E-state index in [0.29, 0.717) is 18.1 Å². The molecule has 1 saturated heterocycles. The monoisotopic (exact) mass is 241 g/mol. The van der Waals surface area contributed by atoms with E-state index in [-0.39, 0.29) is 0 Å². The summed E-state index contributed by atoms with van der Waals surface area (Å²) < 4.78 is 0. The smallest absolute Gasteiger partial charge is 0.327 e. The van der Waals surface area contributed by atoms with E-state index in [0.717, 1.165) is 12.2 Å². The number of carboxylic acids is 1. The maximum Gasteiger partial charge on any atom is 0.327 e. The Balaban J connectivity index is 2.30. The standard InChI is InChI=1S/C10H12ClN3O2/c11-7-5-12-2-1-8(7)14-4-3-13-6-9(14)10(15)16/h1-2,5,9,13H,3-4,6H2,(H,15,16). The second kappa shape index (κ2) is 4.67. The lowest BCUT2D eigenvalue weighted by Gasteiger charge is -2.35. The quantitative estimate of drug-likeness (QED) is 0.794. The molecule has 16 heavy (non-hydrogen) atoms. The summed E-state index contributed by atoms with van der Waals surface area (Å²) in [6.07, 6.45) is 3.14. The first-order chi connectivity index (χ1) is 7.70. The normalized spacial score (nSPS) is 20.8. The third-order valence-electron chi connectivity index (χ3n) is 2.59. The lowest BCUT2D eigenvalue weighted by atomic mass is 10.1. The van der Waals surface area contributed by atoms with Gasteiger partial charge in [-0.15, -0.1) is 0 Å². The van der Waals surface area contributed by atoms with Gasteiger partial charge in [-0.05, 0) is 6.07 Å². The number of aromatic nitrogens is 1. The van der Waals surface area contributed by atoms with E-state index in [1.54, 1.807) is 17.2 Å². The molecule has 0 saturated carbocycles. The number of hydrogen-bond acceptors (Lipinski definition) is 4. The zero-order valence-electron chi connectivity index (χ0n) is 8.56. The van der Waals surface area contributed by atoms with Gasteiger partial charge in [-0.2, -0.15) is 0 Å². The van der Waals surface area contributed by atoms with Gasteiger partial charge in [-0.3, -0.25) is 4.98 Å². The topological polar surface area (TPSA) is 65.5 Å². The maximum atomic E-state index is 11.1. The third kappa shape index (κ3) is 2.10. The summed E-state index contributed by atoms with van der Waals surface area (Å²) in [7, 11) is 0. The van der Waals surface area contributed by atoms with Gasteiger partial charge in [-0.1, -0.05) is 11.6 Å². The van der Waals surface area contributed by atoms with Gasteiger partial charge in [0.2, 0.25) is 0 Å². The van der Waals surface area contributed by atoms with Crippen LogP contribution in [-0.4, -0.2) is 41.7 Å². The molecule has 6 heteroatoms. The molecule has 0 amide bonds. The molecule has 1 aromatic rings. The van der Waals surface area contributed by atoms with E-state index in [2.05, 4.69) is 10.3 Å². The van der Waals surface area contributed by atoms with Crippen LogP contribution in [-0.2, 0) is 4.79 Å². The molecule has 2 rings (SSSR count). The van der Waals surface area contributed by atoms with Gasteiger partial charge in [0, 0.05) is 32.0 Å². The van der Waals surface area contributed by atoms with Crippen LogP contribution >= 0.6 is 11.6 Å². The Labute approximate surface area is 98.0 Å². The van der Waals surface area contributed by atoms with E-state index >= 15 is 0 Å². The highest BCUT2D eigenvalue weighted by Gasteiger charge is 2.29. The fraction of sp³-hybridized carbons (Fsp3) is 0.400. The van der Waals surface area contributed by atoms with Crippen molar-refractivity contribution < 1.29 is 9.90 Å². The number of rotatable bonds is 2. The summed E-state index contributed by atoms with van der Waals surface area (Å²) in [5, 5.41) is 12.7. The molecule has 1 fully saturated rings. The van der Waals surface area contributed by atoms with Crippen molar-refractivity contribution in [3.05, 3.63) is 23.5 Å². The highest BCUT2D eigenvalue weighted by Crippen LogP contribution is 2.26. The van der Waals surface area contributed by atoms with Crippen LogP contribution in [0.5, 0.6) is 0 Å². The number of pyridine rings is 1. The summed E-state index contributed by atoms with van der Waals surface area (Å²) in [4.78, 5) is 16.8. The van der Waals surface area contributed by atoms with Crippen molar-refractivity contribution in [2.45, 2.75) is 6.04 Å². The zero-order chi connectivity index (χ0) is 11.5. The summed E-state index contributed by atoms with van der Waals surface area (Å²) in [6.45, 7) is 1.80. The van der Waals surface area contributed by atoms with Gasteiger partial charge < -0.3 is 15.3 Å². The van der Waals surface area contributed by atoms with Crippen LogP contribution in [0.4, 0.5) is 5.69 Å². The van der Waals surface area contributed by atoms with Gasteiger partial charge in [0.1, 0.15) is 6.04 Å². The lowest BCUT2D eigenvalue weighted by Crippen LogP contribution is -2.55. The molecule has 1 aromatic heterocycles. The number of nitrogens with zero attached hydrogens (tertiary/aromatic N) is 2. The van der Waals surface area contributed by atoms with Gasteiger partial charge >= 0.3 is 5.97 Å². The molecule has 1 aliphatic heterocycles. The van der Waals surface area contributed by atoms with Gasteiger partial charge in [-0.25, -0.2) is 4.79 Å². The van der Waals surface area contributed by atoms with Crippen LogP contribution < -0.4 is 10.2 Å². The Morgan fingerprint density at radius 2 is 2.50 bits per heavy atom. The molecule has 0 aromatic carbocycles. The van der Waals surface area contributed by atoms with Gasteiger partial charge in [0.05, 0.1) is 10.7 Å². The number of carbonyl (C=O) groups is 1. The fourth-order valence-electron chi connectivity index (χ4n) is 1.81. The third-order valence-corrected chi connectivity index (χ3v) is 2.88. The van der Waals surface area contributed by atoms with Crippen molar-refractivity contribution in [2.24, 2.45) is 0 Å². The Kier molecular flexibility index (Phi) is 3.26. The first-order valence-electron chi connectivity index (χ1n) is 5.00. The molecular formula is C10H12ClN3O2. The predicted molar refractivity (Wildman–Crippen MR) is 60.9 cm³/mol. The van der Waals surface area contributed by atoms with E-state index in [1.165, 1.54) is 6.20 Å². The van der Waals surface area contributed by atoms with Crippen LogP contribution in [0, 0.1) is 0 Å². The Morgan fingerprint density at radius 3 is 3.19 bits per heavy atom. The number of hydrogen-bond donors (Lipinski definition) is 2. The Hall–Kier alpha value is -1.33.